The number of aromatic nitrogens is 2. The van der Waals surface area contributed by atoms with Gasteiger partial charge in [-0.25, -0.2) is 4.68 Å². The minimum absolute atomic E-state index is 0.104. The summed E-state index contributed by atoms with van der Waals surface area (Å²) < 4.78 is 42.3. The molecule has 1 aliphatic rings. The lowest BCUT2D eigenvalue weighted by molar-refractivity contribution is -0.173. The number of nitrogens with zero attached hydrogens (tertiary/aromatic N) is 2. The van der Waals surface area contributed by atoms with Crippen molar-refractivity contribution in [3.05, 3.63) is 73.8 Å². The van der Waals surface area contributed by atoms with Crippen LogP contribution in [0.1, 0.15) is 34.6 Å². The van der Waals surface area contributed by atoms with E-state index < -0.39 is 24.2 Å². The van der Waals surface area contributed by atoms with Gasteiger partial charge in [0.2, 0.25) is 0 Å². The van der Waals surface area contributed by atoms with Crippen LogP contribution in [-0.4, -0.2) is 21.9 Å². The lowest BCUT2D eigenvalue weighted by Crippen LogP contribution is -2.35. The van der Waals surface area contributed by atoms with Gasteiger partial charge in [-0.2, -0.15) is 18.3 Å². The van der Waals surface area contributed by atoms with Gasteiger partial charge in [0.15, 0.2) is 11.7 Å². The average Bonchev–Trinajstić information content (AvgIpc) is 3.06. The van der Waals surface area contributed by atoms with Crippen LogP contribution in [0.2, 0.25) is 20.1 Å². The molecule has 1 amide bonds. The highest BCUT2D eigenvalue weighted by Crippen LogP contribution is 2.46. The van der Waals surface area contributed by atoms with Crippen molar-refractivity contribution in [1.29, 1.82) is 0 Å². The quantitative estimate of drug-likeness (QED) is 0.375. The van der Waals surface area contributed by atoms with E-state index >= 15 is 0 Å². The molecule has 2 aromatic carbocycles. The van der Waals surface area contributed by atoms with Crippen molar-refractivity contribution in [2.45, 2.75) is 24.7 Å². The first-order valence-electron chi connectivity index (χ1n) is 9.17. The van der Waals surface area contributed by atoms with E-state index in [4.69, 9.17) is 46.4 Å². The predicted molar refractivity (Wildman–Crippen MR) is 119 cm³/mol. The van der Waals surface area contributed by atoms with Crippen LogP contribution in [0.3, 0.4) is 0 Å². The zero-order chi connectivity index (χ0) is 23.2. The van der Waals surface area contributed by atoms with Crippen molar-refractivity contribution < 1.29 is 18.0 Å². The molecule has 0 fully saturated rings. The third-order valence-electron chi connectivity index (χ3n) is 4.96. The molecule has 0 saturated carbocycles. The molecule has 1 aliphatic heterocycles. The fourth-order valence-electron chi connectivity index (χ4n) is 3.42. The molecule has 12 heteroatoms. The van der Waals surface area contributed by atoms with Crippen LogP contribution in [0, 0.1) is 0 Å². The van der Waals surface area contributed by atoms with E-state index in [0.717, 1.165) is 0 Å². The summed E-state index contributed by atoms with van der Waals surface area (Å²) in [5.41, 5.74) is 0.430. The summed E-state index contributed by atoms with van der Waals surface area (Å²) >= 11 is 24.1. The summed E-state index contributed by atoms with van der Waals surface area (Å²) in [6, 6.07) is 8.09. The SMILES string of the molecule is O=C(Nc1ccc(Cl)cc1Cl)c1nn2c(c1Cl)N[C@@H](c1ccc(Cl)cc1)C[C@H]2C(F)(F)F. The second-order valence-electron chi connectivity index (χ2n) is 7.08. The maximum absolute atomic E-state index is 13.9. The van der Waals surface area contributed by atoms with E-state index in [1.54, 1.807) is 24.3 Å². The molecule has 1 aromatic heterocycles. The molecule has 0 bridgehead atoms. The first kappa shape index (κ1) is 23.0. The fraction of sp³-hybridized carbons (Fsp3) is 0.200. The standard InChI is InChI=1S/C20H13Cl4F3N4O/c21-10-3-1-9(2-4-10)14-8-15(20(25,26)27)31-18(28-14)16(24)17(30-31)19(32)29-13-6-5-11(22)7-12(13)23/h1-7,14-15,28H,8H2,(H,29,32)/t14-,15+/m1/s1. The Kier molecular flexibility index (Phi) is 6.24. The monoisotopic (exact) mass is 522 g/mol. The van der Waals surface area contributed by atoms with Crippen molar-refractivity contribution in [3.8, 4) is 0 Å². The first-order chi connectivity index (χ1) is 15.0. The van der Waals surface area contributed by atoms with Gasteiger partial charge in [0.1, 0.15) is 10.8 Å². The molecule has 4 rings (SSSR count). The third-order valence-corrected chi connectivity index (χ3v) is 6.12. The van der Waals surface area contributed by atoms with Crippen molar-refractivity contribution in [3.63, 3.8) is 0 Å². The van der Waals surface area contributed by atoms with Crippen molar-refractivity contribution >= 4 is 63.8 Å². The summed E-state index contributed by atoms with van der Waals surface area (Å²) in [5.74, 6) is -0.917. The third kappa shape index (κ3) is 4.50. The summed E-state index contributed by atoms with van der Waals surface area (Å²) in [6.07, 6.45) is -4.97. The van der Waals surface area contributed by atoms with E-state index in [2.05, 4.69) is 15.7 Å². The Morgan fingerprint density at radius 2 is 1.72 bits per heavy atom. The first-order valence-corrected chi connectivity index (χ1v) is 10.7. The van der Waals surface area contributed by atoms with Gasteiger partial charge in [-0.05, 0) is 35.9 Å². The fourth-order valence-corrected chi connectivity index (χ4v) is 4.27. The number of fused-ring (bicyclic) bond motifs is 1. The zero-order valence-corrected chi connectivity index (χ0v) is 18.9. The smallest absolute Gasteiger partial charge is 0.362 e. The largest absolute Gasteiger partial charge is 0.410 e. The van der Waals surface area contributed by atoms with E-state index in [1.807, 2.05) is 0 Å². The summed E-state index contributed by atoms with van der Waals surface area (Å²) in [7, 11) is 0. The van der Waals surface area contributed by atoms with Crippen molar-refractivity contribution in [1.82, 2.24) is 9.78 Å². The average molecular weight is 524 g/mol. The maximum atomic E-state index is 13.9. The Hall–Kier alpha value is -2.13. The number of benzene rings is 2. The molecule has 0 unspecified atom stereocenters. The number of rotatable bonds is 3. The Morgan fingerprint density at radius 3 is 2.34 bits per heavy atom. The van der Waals surface area contributed by atoms with Crippen molar-refractivity contribution in [2.24, 2.45) is 0 Å². The van der Waals surface area contributed by atoms with E-state index in [0.29, 0.717) is 20.3 Å². The molecule has 0 radical (unpaired) electrons. The normalized spacial score (nSPS) is 18.1. The highest BCUT2D eigenvalue weighted by Gasteiger charge is 2.47. The minimum Gasteiger partial charge on any atom is -0.362 e. The molecule has 168 valence electrons. The van der Waals surface area contributed by atoms with Crippen LogP contribution >= 0.6 is 46.4 Å². The molecular formula is C20H13Cl4F3N4O. The molecular weight excluding hydrogens is 511 g/mol. The highest BCUT2D eigenvalue weighted by molar-refractivity contribution is 6.38. The number of hydrogen-bond donors (Lipinski definition) is 2. The molecule has 3 aromatic rings. The van der Waals surface area contributed by atoms with Gasteiger partial charge >= 0.3 is 6.18 Å². The summed E-state index contributed by atoms with van der Waals surface area (Å²) in [5, 5.41) is 10.1. The number of alkyl halides is 3. The van der Waals surface area contributed by atoms with E-state index in [9.17, 15) is 18.0 Å². The number of nitrogens with one attached hydrogen (secondary N) is 2. The molecule has 0 spiro atoms. The van der Waals surface area contributed by atoms with Crippen LogP contribution in [-0.2, 0) is 0 Å². The van der Waals surface area contributed by atoms with Crippen LogP contribution in [0.15, 0.2) is 42.5 Å². The maximum Gasteiger partial charge on any atom is 0.410 e. The van der Waals surface area contributed by atoms with Crippen LogP contribution in [0.25, 0.3) is 0 Å². The Morgan fingerprint density at radius 1 is 1.06 bits per heavy atom. The Labute approximate surface area is 200 Å². The minimum atomic E-state index is -4.62. The molecule has 0 aliphatic carbocycles. The van der Waals surface area contributed by atoms with Crippen molar-refractivity contribution in [2.75, 3.05) is 10.6 Å². The summed E-state index contributed by atoms with van der Waals surface area (Å²) in [4.78, 5) is 12.7. The van der Waals surface area contributed by atoms with Gasteiger partial charge in [-0.1, -0.05) is 58.5 Å². The zero-order valence-electron chi connectivity index (χ0n) is 15.9. The number of halogens is 7. The number of carbonyl (C=O) groups is 1. The highest BCUT2D eigenvalue weighted by atomic mass is 35.5. The second-order valence-corrected chi connectivity index (χ2v) is 8.73. The predicted octanol–water partition coefficient (Wildman–Crippen LogP) is 7.41. The van der Waals surface area contributed by atoms with Gasteiger partial charge in [0.05, 0.1) is 16.8 Å². The van der Waals surface area contributed by atoms with Crippen LogP contribution in [0.4, 0.5) is 24.7 Å². The molecule has 2 heterocycles. The van der Waals surface area contributed by atoms with Gasteiger partial charge in [-0.3, -0.25) is 4.79 Å². The Bertz CT molecular complexity index is 1180. The Balaban J connectivity index is 1.70. The molecule has 2 N–H and O–H groups in total. The number of hydrogen-bond acceptors (Lipinski definition) is 3. The van der Waals surface area contributed by atoms with Gasteiger partial charge in [0.25, 0.3) is 5.91 Å². The van der Waals surface area contributed by atoms with Crippen LogP contribution in [0.5, 0.6) is 0 Å². The lowest BCUT2D eigenvalue weighted by atomic mass is 9.97. The van der Waals surface area contributed by atoms with Gasteiger partial charge < -0.3 is 10.6 Å². The molecule has 2 atom stereocenters. The van der Waals surface area contributed by atoms with E-state index in [-0.39, 0.29) is 33.7 Å². The lowest BCUT2D eigenvalue weighted by Gasteiger charge is -2.33. The number of anilines is 2. The molecule has 5 nitrogen and oxygen atoms in total. The second kappa shape index (κ2) is 8.67. The van der Waals surface area contributed by atoms with E-state index in [1.165, 1.54) is 18.2 Å². The molecule has 0 saturated heterocycles. The number of amides is 1. The summed E-state index contributed by atoms with van der Waals surface area (Å²) in [6.45, 7) is 0. The van der Waals surface area contributed by atoms with Gasteiger partial charge in [0, 0.05) is 16.5 Å². The topological polar surface area (TPSA) is 59.0 Å². The molecule has 32 heavy (non-hydrogen) atoms. The van der Waals surface area contributed by atoms with Crippen LogP contribution < -0.4 is 10.6 Å². The number of carbonyl (C=O) groups excluding carboxylic acids is 1. The van der Waals surface area contributed by atoms with Gasteiger partial charge in [-0.15, -0.1) is 0 Å².